The number of nitrogens with one attached hydrogen (secondary N) is 1. The molecule has 0 bridgehead atoms. The van der Waals surface area contributed by atoms with E-state index in [1.807, 2.05) is 87.4 Å². The lowest BCUT2D eigenvalue weighted by molar-refractivity contribution is 0.00578. The summed E-state index contributed by atoms with van der Waals surface area (Å²) in [6.45, 7) is 20.1. The molecule has 1 aliphatic heterocycles. The van der Waals surface area contributed by atoms with Gasteiger partial charge in [-0.3, -0.25) is 0 Å². The van der Waals surface area contributed by atoms with Crippen molar-refractivity contribution >= 4 is 18.7 Å². The van der Waals surface area contributed by atoms with Crippen molar-refractivity contribution in [2.24, 2.45) is 0 Å². The van der Waals surface area contributed by atoms with Crippen LogP contribution in [-0.2, 0) is 20.6 Å². The highest BCUT2D eigenvalue weighted by Crippen LogP contribution is 2.36. The Morgan fingerprint density at radius 3 is 2.07 bits per heavy atom. The van der Waals surface area contributed by atoms with Gasteiger partial charge in [-0.25, -0.2) is 4.79 Å². The molecule has 1 aromatic carbocycles. The van der Waals surface area contributed by atoms with Gasteiger partial charge < -0.3 is 19.4 Å². The molecule has 1 aromatic rings. The van der Waals surface area contributed by atoms with Crippen LogP contribution in [0.1, 0.15) is 73.4 Å². The third kappa shape index (κ3) is 6.25. The minimum atomic E-state index is -0.500. The number of benzene rings is 1. The van der Waals surface area contributed by atoms with Crippen LogP contribution in [0.5, 0.6) is 0 Å². The minimum absolute atomic E-state index is 0.359. The van der Waals surface area contributed by atoms with E-state index in [1.165, 1.54) is 0 Å². The third-order valence-corrected chi connectivity index (χ3v) is 4.71. The molecule has 0 atom stereocenters. The molecule has 0 aromatic heterocycles. The Morgan fingerprint density at radius 1 is 1.11 bits per heavy atom. The summed E-state index contributed by atoms with van der Waals surface area (Å²) >= 11 is 0. The Balaban J connectivity index is 0.00000176. The average molecular weight is 377 g/mol. The largest absolute Gasteiger partial charge is 0.494 e. The van der Waals surface area contributed by atoms with Crippen molar-refractivity contribution in [1.29, 1.82) is 0 Å². The molecule has 0 aliphatic carbocycles. The molecule has 1 heterocycles. The summed E-state index contributed by atoms with van der Waals surface area (Å²) in [5, 5.41) is 2.79. The Labute approximate surface area is 165 Å². The van der Waals surface area contributed by atoms with Gasteiger partial charge in [0.2, 0.25) is 0 Å². The van der Waals surface area contributed by atoms with Gasteiger partial charge in [0.15, 0.2) is 0 Å². The van der Waals surface area contributed by atoms with E-state index in [2.05, 4.69) is 5.32 Å². The van der Waals surface area contributed by atoms with Crippen LogP contribution >= 0.6 is 0 Å². The van der Waals surface area contributed by atoms with Crippen LogP contribution < -0.4 is 10.8 Å². The number of amides is 1. The van der Waals surface area contributed by atoms with Gasteiger partial charge in [-0.05, 0) is 72.0 Å². The Bertz CT molecular complexity index is 634. The van der Waals surface area contributed by atoms with E-state index in [1.54, 1.807) is 0 Å². The van der Waals surface area contributed by atoms with E-state index >= 15 is 0 Å². The number of hydrogen-bond acceptors (Lipinski definition) is 4. The Morgan fingerprint density at radius 2 is 1.63 bits per heavy atom. The second-order valence-electron chi connectivity index (χ2n) is 8.63. The summed E-state index contributed by atoms with van der Waals surface area (Å²) in [7, 11) is -0.378. The summed E-state index contributed by atoms with van der Waals surface area (Å²) in [6, 6.07) is 6.03. The first-order valence-electron chi connectivity index (χ1n) is 9.73. The smallest absolute Gasteiger partial charge is 0.444 e. The lowest BCUT2D eigenvalue weighted by Gasteiger charge is -2.32. The Kier molecular flexibility index (Phi) is 7.54. The molecular weight excluding hydrogens is 341 g/mol. The number of ether oxygens (including phenoxy) is 1. The normalized spacial score (nSPS) is 17.8. The van der Waals surface area contributed by atoms with Crippen molar-refractivity contribution in [1.82, 2.24) is 5.32 Å². The molecule has 0 saturated carbocycles. The molecule has 6 heteroatoms. The molecule has 2 rings (SSSR count). The molecule has 152 valence electrons. The van der Waals surface area contributed by atoms with Gasteiger partial charge in [-0.1, -0.05) is 32.0 Å². The number of rotatable bonds is 3. The summed E-state index contributed by atoms with van der Waals surface area (Å²) in [5.74, 6) is 0. The third-order valence-electron chi connectivity index (χ3n) is 4.71. The predicted molar refractivity (Wildman–Crippen MR) is 111 cm³/mol. The molecule has 1 saturated heterocycles. The van der Waals surface area contributed by atoms with Crippen LogP contribution in [0.4, 0.5) is 4.79 Å². The van der Waals surface area contributed by atoms with E-state index in [9.17, 15) is 4.79 Å². The molecule has 0 unspecified atom stereocenters. The van der Waals surface area contributed by atoms with Gasteiger partial charge in [-0.15, -0.1) is 0 Å². The van der Waals surface area contributed by atoms with Crippen LogP contribution in [0.3, 0.4) is 0 Å². The summed E-state index contributed by atoms with van der Waals surface area (Å²) in [4.78, 5) is 11.8. The van der Waals surface area contributed by atoms with Crippen LogP contribution in [-0.4, -0.2) is 30.0 Å². The monoisotopic (exact) mass is 377 g/mol. The first-order chi connectivity index (χ1) is 12.3. The maximum absolute atomic E-state index is 11.8. The van der Waals surface area contributed by atoms with Crippen LogP contribution in [0, 0.1) is 6.92 Å². The fraction of sp³-hybridized carbons (Fsp3) is 0.667. The fourth-order valence-corrected chi connectivity index (χ4v) is 2.52. The van der Waals surface area contributed by atoms with Gasteiger partial charge in [0.1, 0.15) is 5.60 Å². The second-order valence-corrected chi connectivity index (χ2v) is 8.63. The van der Waals surface area contributed by atoms with Gasteiger partial charge in [0.05, 0.1) is 11.2 Å². The van der Waals surface area contributed by atoms with Crippen molar-refractivity contribution in [2.75, 3.05) is 0 Å². The molecule has 1 amide bonds. The molecule has 1 aliphatic rings. The molecule has 1 N–H and O–H groups in total. The van der Waals surface area contributed by atoms with Crippen molar-refractivity contribution in [3.05, 3.63) is 29.3 Å². The Hall–Kier alpha value is -1.53. The first kappa shape index (κ1) is 23.5. The van der Waals surface area contributed by atoms with E-state index < -0.39 is 11.7 Å². The van der Waals surface area contributed by atoms with Crippen LogP contribution in [0.15, 0.2) is 18.2 Å². The van der Waals surface area contributed by atoms with Crippen molar-refractivity contribution in [3.63, 3.8) is 0 Å². The summed E-state index contributed by atoms with van der Waals surface area (Å²) < 4.78 is 17.4. The second kappa shape index (κ2) is 8.66. The highest BCUT2D eigenvalue weighted by atomic mass is 16.7. The van der Waals surface area contributed by atoms with Crippen molar-refractivity contribution in [3.8, 4) is 0 Å². The number of aryl methyl sites for hydroxylation is 1. The number of hydrogen-bond donors (Lipinski definition) is 1. The molecular formula is C21H36BNO4. The van der Waals surface area contributed by atoms with E-state index in [4.69, 9.17) is 14.0 Å². The van der Waals surface area contributed by atoms with Crippen LogP contribution in [0.25, 0.3) is 0 Å². The zero-order valence-electron chi connectivity index (χ0n) is 18.6. The molecule has 1 fully saturated rings. The lowest BCUT2D eigenvalue weighted by atomic mass is 9.78. The van der Waals surface area contributed by atoms with Crippen molar-refractivity contribution < 1.29 is 18.8 Å². The van der Waals surface area contributed by atoms with E-state index in [-0.39, 0.29) is 18.3 Å². The molecule has 5 nitrogen and oxygen atoms in total. The van der Waals surface area contributed by atoms with Gasteiger partial charge in [0, 0.05) is 6.54 Å². The summed E-state index contributed by atoms with van der Waals surface area (Å²) in [6.07, 6.45) is -0.415. The SMILES string of the molecule is CC.Cc1cc(B2OC(C)(C)C(C)(C)O2)ccc1CNC(=O)OC(C)(C)C. The summed E-state index contributed by atoms with van der Waals surface area (Å²) in [5.41, 5.74) is 1.87. The van der Waals surface area contributed by atoms with E-state index in [0.29, 0.717) is 6.54 Å². The number of alkyl carbamates (subject to hydrolysis) is 1. The van der Waals surface area contributed by atoms with Crippen molar-refractivity contribution in [2.45, 2.75) is 92.6 Å². The standard InChI is InChI=1S/C19H30BNO4.C2H6/c1-13-11-15(20-24-18(5,6)19(7,8)25-20)10-9-14(13)12-21-16(22)23-17(2,3)4;1-2/h9-11H,12H2,1-8H3,(H,21,22);1-2H3. The molecule has 0 spiro atoms. The topological polar surface area (TPSA) is 56.8 Å². The van der Waals surface area contributed by atoms with E-state index in [0.717, 1.165) is 16.6 Å². The lowest BCUT2D eigenvalue weighted by Crippen LogP contribution is -2.41. The fourth-order valence-electron chi connectivity index (χ4n) is 2.52. The maximum Gasteiger partial charge on any atom is 0.494 e. The highest BCUT2D eigenvalue weighted by Gasteiger charge is 2.51. The quantitative estimate of drug-likeness (QED) is 0.796. The average Bonchev–Trinajstić information content (AvgIpc) is 2.74. The van der Waals surface area contributed by atoms with Gasteiger partial charge >= 0.3 is 13.2 Å². The molecule has 27 heavy (non-hydrogen) atoms. The van der Waals surface area contributed by atoms with Gasteiger partial charge in [-0.2, -0.15) is 0 Å². The number of carbonyl (C=O) groups excluding carboxylic acids is 1. The van der Waals surface area contributed by atoms with Crippen LogP contribution in [0.2, 0.25) is 0 Å². The van der Waals surface area contributed by atoms with Gasteiger partial charge in [0.25, 0.3) is 0 Å². The maximum atomic E-state index is 11.8. The zero-order chi connectivity index (χ0) is 21.0. The zero-order valence-corrected chi connectivity index (χ0v) is 18.6. The number of carbonyl (C=O) groups is 1. The minimum Gasteiger partial charge on any atom is -0.444 e. The highest BCUT2D eigenvalue weighted by molar-refractivity contribution is 6.62. The first-order valence-corrected chi connectivity index (χ1v) is 9.73. The predicted octanol–water partition coefficient (Wildman–Crippen LogP) is 4.35. The molecule has 0 radical (unpaired) electrons.